The number of hydrogen-bond donors (Lipinski definition) is 4. The van der Waals surface area contributed by atoms with Gasteiger partial charge in [0.05, 0.1) is 6.10 Å². The number of H-pyrrole nitrogens is 1. The molecule has 136 valence electrons. The maximum atomic E-state index is 11.5. The van der Waals surface area contributed by atoms with Crippen molar-refractivity contribution in [1.29, 1.82) is 0 Å². The number of alkyl carbamates (subject to hydrolysis) is 1. The topological polar surface area (TPSA) is 125 Å². The molecule has 0 aliphatic carbocycles. The fourth-order valence-corrected chi connectivity index (χ4v) is 2.32. The molecule has 2 rings (SSSR count). The normalized spacial score (nSPS) is 14.1. The number of aliphatic hydroxyl groups excluding tert-OH is 2. The molecular weight excluding hydrogens is 326 g/mol. The van der Waals surface area contributed by atoms with Gasteiger partial charge in [0.25, 0.3) is 0 Å². The van der Waals surface area contributed by atoms with Crippen LogP contribution in [0.4, 0.5) is 4.79 Å². The number of ether oxygens (including phenoxy) is 1. The average Bonchev–Trinajstić information content (AvgIpc) is 2.94. The molecule has 0 spiro atoms. The fraction of sp³-hybridized carbons (Fsp3) is 0.471. The summed E-state index contributed by atoms with van der Waals surface area (Å²) < 4.78 is 5.09. The Bertz CT molecular complexity index is 750. The molecular formula is C17H23N3O5. The maximum Gasteiger partial charge on any atom is 0.407 e. The highest BCUT2D eigenvalue weighted by molar-refractivity contribution is 5.95. The second-order valence-electron chi connectivity index (χ2n) is 6.76. The fourth-order valence-electron chi connectivity index (χ4n) is 2.32. The Morgan fingerprint density at radius 1 is 1.44 bits per heavy atom. The van der Waals surface area contributed by atoms with E-state index in [0.717, 1.165) is 0 Å². The Morgan fingerprint density at radius 3 is 2.80 bits per heavy atom. The van der Waals surface area contributed by atoms with Gasteiger partial charge in [-0.1, -0.05) is 0 Å². The van der Waals surface area contributed by atoms with E-state index < -0.39 is 23.9 Å². The molecule has 0 aliphatic rings. The minimum absolute atomic E-state index is 0.131. The molecule has 25 heavy (non-hydrogen) atoms. The summed E-state index contributed by atoms with van der Waals surface area (Å²) in [6, 6.07) is 1.61. The molecule has 2 atom stereocenters. The molecule has 0 saturated carbocycles. The van der Waals surface area contributed by atoms with Gasteiger partial charge in [-0.2, -0.15) is 0 Å². The highest BCUT2D eigenvalue weighted by atomic mass is 16.6. The summed E-state index contributed by atoms with van der Waals surface area (Å²) in [7, 11) is 0. The van der Waals surface area contributed by atoms with Gasteiger partial charge in [0.2, 0.25) is 0 Å². The predicted octanol–water partition coefficient (Wildman–Crippen LogP) is 1.68. The van der Waals surface area contributed by atoms with Gasteiger partial charge in [0, 0.05) is 35.5 Å². The van der Waals surface area contributed by atoms with Crippen molar-refractivity contribution in [2.24, 2.45) is 0 Å². The molecule has 8 nitrogen and oxygen atoms in total. The summed E-state index contributed by atoms with van der Waals surface area (Å²) in [6.07, 6.45) is 0.911. The Hall–Kier alpha value is -2.45. The van der Waals surface area contributed by atoms with Crippen molar-refractivity contribution < 1.29 is 24.5 Å². The quantitative estimate of drug-likeness (QED) is 0.588. The maximum absolute atomic E-state index is 11.5. The Kier molecular flexibility index (Phi) is 5.76. The van der Waals surface area contributed by atoms with E-state index in [4.69, 9.17) is 4.74 Å². The molecule has 0 aliphatic heterocycles. The first-order chi connectivity index (χ1) is 11.7. The number of nitrogens with one attached hydrogen (secondary N) is 2. The van der Waals surface area contributed by atoms with Crippen LogP contribution >= 0.6 is 0 Å². The molecule has 2 unspecified atom stereocenters. The van der Waals surface area contributed by atoms with Crippen LogP contribution in [-0.4, -0.2) is 50.8 Å². The van der Waals surface area contributed by atoms with Gasteiger partial charge in [-0.3, -0.25) is 4.79 Å². The number of nitrogens with zero attached hydrogens (tertiary/aromatic N) is 1. The van der Waals surface area contributed by atoms with Crippen LogP contribution in [-0.2, 0) is 4.74 Å². The van der Waals surface area contributed by atoms with Gasteiger partial charge in [0.15, 0.2) is 6.29 Å². The van der Waals surface area contributed by atoms with Crippen molar-refractivity contribution in [3.8, 4) is 0 Å². The first-order valence-corrected chi connectivity index (χ1v) is 7.96. The molecule has 2 heterocycles. The minimum Gasteiger partial charge on any atom is -0.444 e. The van der Waals surface area contributed by atoms with Crippen LogP contribution in [0.3, 0.4) is 0 Å². The van der Waals surface area contributed by atoms with E-state index in [0.29, 0.717) is 28.4 Å². The van der Waals surface area contributed by atoms with E-state index in [1.807, 2.05) is 0 Å². The number of aliphatic hydroxyl groups is 2. The lowest BCUT2D eigenvalue weighted by Crippen LogP contribution is -2.34. The van der Waals surface area contributed by atoms with Crippen LogP contribution in [0.5, 0.6) is 0 Å². The number of carbonyl (C=O) groups is 2. The van der Waals surface area contributed by atoms with Crippen molar-refractivity contribution in [1.82, 2.24) is 15.3 Å². The largest absolute Gasteiger partial charge is 0.444 e. The lowest BCUT2D eigenvalue weighted by atomic mass is 10.0. The number of hydrogen-bond acceptors (Lipinski definition) is 6. The first kappa shape index (κ1) is 18.9. The number of aldehydes is 1. The zero-order chi connectivity index (χ0) is 18.6. The first-order valence-electron chi connectivity index (χ1n) is 7.96. The molecule has 2 aromatic rings. The van der Waals surface area contributed by atoms with Crippen molar-refractivity contribution in [3.63, 3.8) is 0 Å². The van der Waals surface area contributed by atoms with Crippen LogP contribution in [0.1, 0.15) is 49.2 Å². The summed E-state index contributed by atoms with van der Waals surface area (Å²) in [5.41, 5.74) is 0.743. The molecule has 0 radical (unpaired) electrons. The number of pyridine rings is 1. The van der Waals surface area contributed by atoms with Gasteiger partial charge < -0.3 is 25.3 Å². The predicted molar refractivity (Wildman–Crippen MR) is 91.3 cm³/mol. The molecule has 2 aromatic heterocycles. The van der Waals surface area contributed by atoms with Gasteiger partial charge in [-0.25, -0.2) is 9.78 Å². The number of rotatable bonds is 6. The third kappa shape index (κ3) is 5.01. The highest BCUT2D eigenvalue weighted by Crippen LogP contribution is 2.23. The van der Waals surface area contributed by atoms with Crippen molar-refractivity contribution >= 4 is 23.4 Å². The van der Waals surface area contributed by atoms with Gasteiger partial charge in [-0.15, -0.1) is 0 Å². The number of carbonyl (C=O) groups excluding carboxylic acids is 2. The van der Waals surface area contributed by atoms with Crippen LogP contribution in [0.25, 0.3) is 11.0 Å². The third-order valence-electron chi connectivity index (χ3n) is 3.53. The number of aromatic nitrogens is 2. The minimum atomic E-state index is -1.19. The van der Waals surface area contributed by atoms with Crippen molar-refractivity contribution in [2.45, 2.75) is 45.0 Å². The van der Waals surface area contributed by atoms with Crippen molar-refractivity contribution in [3.05, 3.63) is 29.6 Å². The van der Waals surface area contributed by atoms with E-state index in [-0.39, 0.29) is 13.0 Å². The summed E-state index contributed by atoms with van der Waals surface area (Å²) in [4.78, 5) is 29.5. The lowest BCUT2D eigenvalue weighted by Gasteiger charge is -2.21. The van der Waals surface area contributed by atoms with E-state index in [9.17, 15) is 19.8 Å². The monoisotopic (exact) mass is 349 g/mol. The zero-order valence-corrected chi connectivity index (χ0v) is 14.4. The van der Waals surface area contributed by atoms with Crippen LogP contribution in [0.2, 0.25) is 0 Å². The standard InChI is InChI=1S/C17H23N3O5/c1-17(2,3)25-16(24)18-5-4-13(22)14(23)10-6-12-11(9-21)8-20-15(12)19-7-10/h6-9,13-14,22-23H,4-5H2,1-3H3,(H,18,24)(H,19,20). The second-order valence-corrected chi connectivity index (χ2v) is 6.76. The molecule has 4 N–H and O–H groups in total. The van der Waals surface area contributed by atoms with Crippen LogP contribution in [0.15, 0.2) is 18.5 Å². The second kappa shape index (κ2) is 7.62. The van der Waals surface area contributed by atoms with Gasteiger partial charge in [-0.05, 0) is 33.3 Å². The summed E-state index contributed by atoms with van der Waals surface area (Å²) in [5, 5.41) is 23.5. The summed E-state index contributed by atoms with van der Waals surface area (Å²) >= 11 is 0. The summed E-state index contributed by atoms with van der Waals surface area (Å²) in [6.45, 7) is 5.40. The average molecular weight is 349 g/mol. The molecule has 0 fully saturated rings. The Morgan fingerprint density at radius 2 is 2.16 bits per heavy atom. The van der Waals surface area contributed by atoms with Crippen LogP contribution in [0, 0.1) is 0 Å². The number of amides is 1. The van der Waals surface area contributed by atoms with E-state index in [1.165, 1.54) is 12.4 Å². The zero-order valence-electron chi connectivity index (χ0n) is 14.4. The summed E-state index contributed by atoms with van der Waals surface area (Å²) in [5.74, 6) is 0. The number of fused-ring (bicyclic) bond motifs is 1. The Balaban J connectivity index is 1.94. The molecule has 0 aromatic carbocycles. The van der Waals surface area contributed by atoms with Gasteiger partial charge >= 0.3 is 6.09 Å². The van der Waals surface area contributed by atoms with E-state index in [2.05, 4.69) is 15.3 Å². The van der Waals surface area contributed by atoms with Gasteiger partial charge in [0.1, 0.15) is 17.4 Å². The molecule has 8 heteroatoms. The van der Waals surface area contributed by atoms with E-state index in [1.54, 1.807) is 26.8 Å². The van der Waals surface area contributed by atoms with Crippen molar-refractivity contribution in [2.75, 3.05) is 6.54 Å². The number of aromatic amines is 1. The Labute approximate surface area is 145 Å². The smallest absolute Gasteiger partial charge is 0.407 e. The van der Waals surface area contributed by atoms with E-state index >= 15 is 0 Å². The molecule has 0 saturated heterocycles. The SMILES string of the molecule is CC(C)(C)OC(=O)NCCC(O)C(O)c1cnc2[nH]cc(C=O)c2c1. The molecule has 1 amide bonds. The van der Waals surface area contributed by atoms with Crippen LogP contribution < -0.4 is 5.32 Å². The molecule has 0 bridgehead atoms. The third-order valence-corrected chi connectivity index (χ3v) is 3.53. The lowest BCUT2D eigenvalue weighted by molar-refractivity contribution is 0.0122. The highest BCUT2D eigenvalue weighted by Gasteiger charge is 2.21.